The van der Waals surface area contributed by atoms with Gasteiger partial charge in [-0.2, -0.15) is 10.5 Å². The number of nitriles is 2. The van der Waals surface area contributed by atoms with E-state index in [1.165, 1.54) is 4.90 Å². The van der Waals surface area contributed by atoms with Crippen molar-refractivity contribution in [2.45, 2.75) is 38.1 Å². The number of aliphatic carboxylic acids is 1. The molecule has 0 aromatic rings. The van der Waals surface area contributed by atoms with Gasteiger partial charge < -0.3 is 10.0 Å². The van der Waals surface area contributed by atoms with Gasteiger partial charge >= 0.3 is 5.97 Å². The number of carboxylic acid groups (broad SMARTS) is 1. The van der Waals surface area contributed by atoms with Crippen molar-refractivity contribution in [2.75, 3.05) is 26.2 Å². The topological polar surface area (TPSA) is 108 Å². The van der Waals surface area contributed by atoms with E-state index >= 15 is 0 Å². The number of nitrogens with zero attached hydrogens (tertiary/aromatic N) is 4. The van der Waals surface area contributed by atoms with E-state index in [2.05, 4.69) is 0 Å². The Labute approximate surface area is 124 Å². The van der Waals surface area contributed by atoms with Crippen molar-refractivity contribution in [1.82, 2.24) is 9.80 Å². The average Bonchev–Trinajstić information content (AvgIpc) is 2.85. The molecular weight excluding hydrogens is 272 g/mol. The van der Waals surface area contributed by atoms with E-state index in [0.717, 1.165) is 12.8 Å². The summed E-state index contributed by atoms with van der Waals surface area (Å²) in [5.41, 5.74) is 0. The summed E-state index contributed by atoms with van der Waals surface area (Å²) in [4.78, 5) is 26.5. The molecule has 1 atom stereocenters. The maximum absolute atomic E-state index is 12.3. The van der Waals surface area contributed by atoms with Crippen molar-refractivity contribution in [1.29, 1.82) is 10.5 Å². The van der Waals surface area contributed by atoms with E-state index in [4.69, 9.17) is 15.6 Å². The van der Waals surface area contributed by atoms with Gasteiger partial charge in [-0.1, -0.05) is 0 Å². The van der Waals surface area contributed by atoms with Gasteiger partial charge in [-0.05, 0) is 19.4 Å². The van der Waals surface area contributed by atoms with Crippen LogP contribution < -0.4 is 0 Å². The highest BCUT2D eigenvalue weighted by atomic mass is 16.4. The quantitative estimate of drug-likeness (QED) is 0.701. The van der Waals surface area contributed by atoms with Gasteiger partial charge in [0.2, 0.25) is 5.91 Å². The third kappa shape index (κ3) is 5.80. The zero-order valence-corrected chi connectivity index (χ0v) is 12.0. The predicted octanol–water partition coefficient (Wildman–Crippen LogP) is 0.581. The van der Waals surface area contributed by atoms with E-state index in [1.807, 2.05) is 17.0 Å². The van der Waals surface area contributed by atoms with Crippen molar-refractivity contribution in [3.05, 3.63) is 0 Å². The SMILES string of the molecule is N#CCCN(CCC#N)C(=O)CN1CCCC1CC(=O)O. The molecule has 114 valence electrons. The molecule has 0 bridgehead atoms. The van der Waals surface area contributed by atoms with Gasteiger partial charge in [-0.3, -0.25) is 14.5 Å². The van der Waals surface area contributed by atoms with E-state index in [1.54, 1.807) is 0 Å². The lowest BCUT2D eigenvalue weighted by atomic mass is 10.1. The molecule has 1 saturated heterocycles. The zero-order chi connectivity index (χ0) is 15.7. The Balaban J connectivity index is 2.56. The minimum absolute atomic E-state index is 0.0453. The molecule has 1 heterocycles. The minimum Gasteiger partial charge on any atom is -0.481 e. The molecule has 1 amide bonds. The normalized spacial score (nSPS) is 17.9. The monoisotopic (exact) mass is 292 g/mol. The second-order valence-electron chi connectivity index (χ2n) is 5.06. The van der Waals surface area contributed by atoms with Crippen LogP contribution in [0.5, 0.6) is 0 Å². The number of hydrogen-bond donors (Lipinski definition) is 1. The van der Waals surface area contributed by atoms with Gasteiger partial charge in [-0.15, -0.1) is 0 Å². The van der Waals surface area contributed by atoms with Crippen molar-refractivity contribution in [3.8, 4) is 12.1 Å². The summed E-state index contributed by atoms with van der Waals surface area (Å²) in [6.45, 7) is 1.51. The summed E-state index contributed by atoms with van der Waals surface area (Å²) < 4.78 is 0. The van der Waals surface area contributed by atoms with Crippen LogP contribution >= 0.6 is 0 Å². The number of hydrogen-bond acceptors (Lipinski definition) is 5. The Hall–Kier alpha value is -2.12. The van der Waals surface area contributed by atoms with E-state index in [0.29, 0.717) is 19.6 Å². The summed E-state index contributed by atoms with van der Waals surface area (Å²) in [6, 6.07) is 3.88. The molecule has 7 nitrogen and oxygen atoms in total. The van der Waals surface area contributed by atoms with Crippen molar-refractivity contribution in [3.63, 3.8) is 0 Å². The second-order valence-corrected chi connectivity index (χ2v) is 5.06. The Morgan fingerprint density at radius 1 is 1.24 bits per heavy atom. The predicted molar refractivity (Wildman–Crippen MR) is 73.9 cm³/mol. The first-order valence-corrected chi connectivity index (χ1v) is 7.06. The van der Waals surface area contributed by atoms with Crippen LogP contribution in [0, 0.1) is 22.7 Å². The van der Waals surface area contributed by atoms with Crippen molar-refractivity contribution >= 4 is 11.9 Å². The van der Waals surface area contributed by atoms with Gasteiger partial charge in [0, 0.05) is 19.1 Å². The Morgan fingerprint density at radius 3 is 2.38 bits per heavy atom. The van der Waals surface area contributed by atoms with Crippen molar-refractivity contribution in [2.24, 2.45) is 0 Å². The summed E-state index contributed by atoms with van der Waals surface area (Å²) >= 11 is 0. The lowest BCUT2D eigenvalue weighted by Gasteiger charge is -2.27. The molecule has 0 spiro atoms. The lowest BCUT2D eigenvalue weighted by Crippen LogP contribution is -2.43. The highest BCUT2D eigenvalue weighted by Gasteiger charge is 2.29. The molecule has 1 fully saturated rings. The molecule has 1 aliphatic heterocycles. The molecule has 1 unspecified atom stereocenters. The van der Waals surface area contributed by atoms with Gasteiger partial charge in [0.05, 0.1) is 37.9 Å². The van der Waals surface area contributed by atoms with Gasteiger partial charge in [0.15, 0.2) is 0 Å². The lowest BCUT2D eigenvalue weighted by molar-refractivity contribution is -0.139. The molecular formula is C14H20N4O3. The Bertz CT molecular complexity index is 434. The molecule has 1 rings (SSSR count). The fraction of sp³-hybridized carbons (Fsp3) is 0.714. The Morgan fingerprint density at radius 2 is 1.86 bits per heavy atom. The zero-order valence-electron chi connectivity index (χ0n) is 12.0. The molecule has 7 heteroatoms. The van der Waals surface area contributed by atoms with Crippen LogP contribution in [0.15, 0.2) is 0 Å². The Kier molecular flexibility index (Phi) is 7.20. The summed E-state index contributed by atoms with van der Waals surface area (Å²) in [7, 11) is 0. The van der Waals surface area contributed by atoms with Crippen LogP contribution in [0.3, 0.4) is 0 Å². The molecule has 1 N–H and O–H groups in total. The summed E-state index contributed by atoms with van der Waals surface area (Å²) in [6.07, 6.45) is 2.19. The summed E-state index contributed by atoms with van der Waals surface area (Å²) in [5.74, 6) is -0.997. The molecule has 0 radical (unpaired) electrons. The number of carbonyl (C=O) groups excluding carboxylic acids is 1. The smallest absolute Gasteiger partial charge is 0.304 e. The average molecular weight is 292 g/mol. The van der Waals surface area contributed by atoms with Crippen LogP contribution in [0.2, 0.25) is 0 Å². The number of amides is 1. The molecule has 1 aliphatic rings. The fourth-order valence-corrected chi connectivity index (χ4v) is 2.54. The molecule has 0 aromatic heterocycles. The molecule has 0 aromatic carbocycles. The van der Waals surface area contributed by atoms with Crippen molar-refractivity contribution < 1.29 is 14.7 Å². The molecule has 21 heavy (non-hydrogen) atoms. The largest absolute Gasteiger partial charge is 0.481 e. The van der Waals surface area contributed by atoms with Crippen LogP contribution in [-0.4, -0.2) is 59.0 Å². The van der Waals surface area contributed by atoms with E-state index in [9.17, 15) is 9.59 Å². The second kappa shape index (κ2) is 8.93. The highest BCUT2D eigenvalue weighted by Crippen LogP contribution is 2.20. The van der Waals surface area contributed by atoms with E-state index < -0.39 is 5.97 Å². The highest BCUT2D eigenvalue weighted by molar-refractivity contribution is 5.78. The first-order valence-electron chi connectivity index (χ1n) is 7.06. The summed E-state index contributed by atoms with van der Waals surface area (Å²) in [5, 5.41) is 26.1. The standard InChI is InChI=1S/C14H20N4O3/c15-5-2-8-17(9-3-6-16)13(19)11-18-7-1-4-12(18)10-14(20)21/h12H,1-4,7-11H2,(H,20,21). The number of likely N-dealkylation sites (tertiary alicyclic amines) is 1. The van der Waals surface area contributed by atoms with Crippen LogP contribution in [0.4, 0.5) is 0 Å². The minimum atomic E-state index is -0.856. The third-order valence-electron chi connectivity index (χ3n) is 3.59. The van der Waals surface area contributed by atoms with Crippen LogP contribution in [0.1, 0.15) is 32.1 Å². The van der Waals surface area contributed by atoms with E-state index in [-0.39, 0.29) is 37.8 Å². The first kappa shape index (κ1) is 16.9. The number of carboxylic acids is 1. The van der Waals surface area contributed by atoms with Gasteiger partial charge in [0.25, 0.3) is 0 Å². The number of carbonyl (C=O) groups is 2. The third-order valence-corrected chi connectivity index (χ3v) is 3.59. The van der Waals surface area contributed by atoms with Crippen LogP contribution in [-0.2, 0) is 9.59 Å². The molecule has 0 saturated carbocycles. The van der Waals surface area contributed by atoms with Gasteiger partial charge in [-0.25, -0.2) is 0 Å². The maximum atomic E-state index is 12.3. The number of rotatable bonds is 8. The maximum Gasteiger partial charge on any atom is 0.304 e. The van der Waals surface area contributed by atoms with Gasteiger partial charge in [0.1, 0.15) is 0 Å². The molecule has 0 aliphatic carbocycles. The first-order chi connectivity index (χ1) is 10.1. The fourth-order valence-electron chi connectivity index (χ4n) is 2.54. The van der Waals surface area contributed by atoms with Crippen LogP contribution in [0.25, 0.3) is 0 Å².